The predicted molar refractivity (Wildman–Crippen MR) is 128 cm³/mol. The van der Waals surface area contributed by atoms with Gasteiger partial charge in [-0.3, -0.25) is 0 Å². The van der Waals surface area contributed by atoms with Crippen molar-refractivity contribution in [3.8, 4) is 17.2 Å². The van der Waals surface area contributed by atoms with E-state index in [4.69, 9.17) is 14.2 Å². The Bertz CT molecular complexity index is 1240. The molecule has 176 valence electrons. The summed E-state index contributed by atoms with van der Waals surface area (Å²) >= 11 is 0. The second-order valence-corrected chi connectivity index (χ2v) is 9.94. The predicted octanol–water partition coefficient (Wildman–Crippen LogP) is 4.57. The summed E-state index contributed by atoms with van der Waals surface area (Å²) in [5.41, 5.74) is 1.41. The van der Waals surface area contributed by atoms with E-state index in [2.05, 4.69) is 10.3 Å². The zero-order valence-electron chi connectivity index (χ0n) is 19.3. The molecule has 4 rings (SSSR count). The monoisotopic (exact) mass is 471 g/mol. The molecule has 1 aliphatic rings. The highest BCUT2D eigenvalue weighted by Gasteiger charge is 2.31. The maximum Gasteiger partial charge on any atom is 0.243 e. The number of anilines is 2. The van der Waals surface area contributed by atoms with Gasteiger partial charge in [-0.2, -0.15) is 4.31 Å². The largest absolute Gasteiger partial charge is 0.493 e. The molecule has 1 aliphatic heterocycles. The van der Waals surface area contributed by atoms with E-state index in [1.54, 1.807) is 56.0 Å². The Kier molecular flexibility index (Phi) is 6.62. The number of rotatable bonds is 7. The summed E-state index contributed by atoms with van der Waals surface area (Å²) in [5, 5.41) is 4.01. The summed E-state index contributed by atoms with van der Waals surface area (Å²) < 4.78 is 44.2. The summed E-state index contributed by atoms with van der Waals surface area (Å²) in [7, 11) is 1.14. The number of fused-ring (bicyclic) bond motifs is 1. The van der Waals surface area contributed by atoms with Gasteiger partial charge in [-0.1, -0.05) is 6.42 Å². The van der Waals surface area contributed by atoms with Crippen LogP contribution in [0.1, 0.15) is 26.2 Å². The number of piperidine rings is 1. The number of benzene rings is 2. The first-order valence-electron chi connectivity index (χ1n) is 10.9. The normalized spacial score (nSPS) is 17.0. The minimum absolute atomic E-state index is 0.0163. The summed E-state index contributed by atoms with van der Waals surface area (Å²) in [6.07, 6.45) is 2.86. The molecule has 1 N–H and O–H groups in total. The van der Waals surface area contributed by atoms with Crippen LogP contribution >= 0.6 is 0 Å². The molecule has 8 nitrogen and oxygen atoms in total. The Morgan fingerprint density at radius 1 is 0.970 bits per heavy atom. The molecule has 1 atom stereocenters. The molecule has 2 heterocycles. The Balaban J connectivity index is 1.62. The lowest BCUT2D eigenvalue weighted by molar-refractivity contribution is 0.268. The molecule has 0 amide bonds. The van der Waals surface area contributed by atoms with E-state index in [0.29, 0.717) is 40.0 Å². The topological polar surface area (TPSA) is 90.0 Å². The number of nitrogens with one attached hydrogen (secondary N) is 1. The van der Waals surface area contributed by atoms with Crippen LogP contribution in [0.2, 0.25) is 0 Å². The molecular weight excluding hydrogens is 442 g/mol. The Hall–Kier alpha value is -3.04. The molecule has 2 aromatic carbocycles. The third-order valence-electron chi connectivity index (χ3n) is 5.95. The lowest BCUT2D eigenvalue weighted by atomic mass is 10.1. The van der Waals surface area contributed by atoms with Crippen molar-refractivity contribution in [2.24, 2.45) is 0 Å². The molecule has 3 aromatic rings. The van der Waals surface area contributed by atoms with Crippen molar-refractivity contribution in [3.63, 3.8) is 0 Å². The van der Waals surface area contributed by atoms with Crippen molar-refractivity contribution in [1.82, 2.24) is 9.29 Å². The third kappa shape index (κ3) is 4.56. The van der Waals surface area contributed by atoms with Gasteiger partial charge in [-0.25, -0.2) is 13.4 Å². The summed E-state index contributed by atoms with van der Waals surface area (Å²) in [6.45, 7) is 2.54. The summed E-state index contributed by atoms with van der Waals surface area (Å²) in [6, 6.07) is 12.4. The third-order valence-corrected chi connectivity index (χ3v) is 7.96. The van der Waals surface area contributed by atoms with E-state index in [-0.39, 0.29) is 6.04 Å². The Morgan fingerprint density at radius 2 is 1.70 bits per heavy atom. The van der Waals surface area contributed by atoms with Crippen LogP contribution in [0.3, 0.4) is 0 Å². The van der Waals surface area contributed by atoms with Gasteiger partial charge in [0.2, 0.25) is 15.8 Å². The zero-order chi connectivity index (χ0) is 23.6. The molecule has 1 fully saturated rings. The highest BCUT2D eigenvalue weighted by Crippen LogP contribution is 2.40. The molecule has 1 saturated heterocycles. The van der Waals surface area contributed by atoms with Gasteiger partial charge in [0, 0.05) is 35.8 Å². The molecule has 1 unspecified atom stereocenters. The SMILES string of the molecule is COc1cc(Nc2ccc3cc(S(=O)(=O)N4CCCCC4C)ccc3n2)cc(OC)c1OC. The molecule has 9 heteroatoms. The number of hydrogen-bond donors (Lipinski definition) is 1. The van der Waals surface area contributed by atoms with Crippen LogP contribution < -0.4 is 19.5 Å². The lowest BCUT2D eigenvalue weighted by Gasteiger charge is -2.32. The first-order chi connectivity index (χ1) is 15.9. The Morgan fingerprint density at radius 3 is 2.33 bits per heavy atom. The Labute approximate surface area is 194 Å². The number of pyridine rings is 1. The van der Waals surface area contributed by atoms with E-state index in [0.717, 1.165) is 30.3 Å². The molecule has 33 heavy (non-hydrogen) atoms. The van der Waals surface area contributed by atoms with E-state index >= 15 is 0 Å². The standard InChI is InChI=1S/C24H29N3O5S/c1-16-7-5-6-12-27(16)33(28,29)19-9-10-20-17(13-19)8-11-23(26-20)25-18-14-21(30-2)24(32-4)22(15-18)31-3/h8-11,13-16H,5-7,12H2,1-4H3,(H,25,26). The molecule has 0 spiro atoms. The first-order valence-corrected chi connectivity index (χ1v) is 12.3. The van der Waals surface area contributed by atoms with Gasteiger partial charge in [0.15, 0.2) is 11.5 Å². The molecule has 0 saturated carbocycles. The van der Waals surface area contributed by atoms with Gasteiger partial charge in [0.25, 0.3) is 0 Å². The summed E-state index contributed by atoms with van der Waals surface area (Å²) in [4.78, 5) is 4.94. The molecule has 0 aliphatic carbocycles. The van der Waals surface area contributed by atoms with Crippen LogP contribution in [0.25, 0.3) is 10.9 Å². The average Bonchev–Trinajstić information content (AvgIpc) is 2.83. The van der Waals surface area contributed by atoms with Crippen molar-refractivity contribution >= 4 is 32.4 Å². The van der Waals surface area contributed by atoms with Crippen molar-refractivity contribution in [3.05, 3.63) is 42.5 Å². The quantitative estimate of drug-likeness (QED) is 0.540. The zero-order valence-corrected chi connectivity index (χ0v) is 20.1. The van der Waals surface area contributed by atoms with E-state index in [1.807, 2.05) is 19.1 Å². The highest BCUT2D eigenvalue weighted by atomic mass is 32.2. The van der Waals surface area contributed by atoms with E-state index < -0.39 is 10.0 Å². The van der Waals surface area contributed by atoms with Crippen LogP contribution in [0.15, 0.2) is 47.4 Å². The van der Waals surface area contributed by atoms with Gasteiger partial charge >= 0.3 is 0 Å². The van der Waals surface area contributed by atoms with Crippen LogP contribution in [-0.2, 0) is 10.0 Å². The van der Waals surface area contributed by atoms with E-state index in [1.165, 1.54) is 0 Å². The van der Waals surface area contributed by atoms with Crippen molar-refractivity contribution in [1.29, 1.82) is 0 Å². The van der Waals surface area contributed by atoms with Crippen LogP contribution in [0.4, 0.5) is 11.5 Å². The fourth-order valence-corrected chi connectivity index (χ4v) is 5.93. The lowest BCUT2D eigenvalue weighted by Crippen LogP contribution is -2.41. The van der Waals surface area contributed by atoms with Crippen molar-refractivity contribution in [2.45, 2.75) is 37.1 Å². The number of nitrogens with zero attached hydrogens (tertiary/aromatic N) is 2. The number of methoxy groups -OCH3 is 3. The molecular formula is C24H29N3O5S. The first kappa shape index (κ1) is 23.1. The molecule has 0 radical (unpaired) electrons. The van der Waals surface area contributed by atoms with Crippen LogP contribution in [0, 0.1) is 0 Å². The van der Waals surface area contributed by atoms with Gasteiger partial charge in [0.05, 0.1) is 31.7 Å². The number of hydrogen-bond acceptors (Lipinski definition) is 7. The maximum absolute atomic E-state index is 13.2. The minimum atomic E-state index is -3.53. The summed E-state index contributed by atoms with van der Waals surface area (Å²) in [5.74, 6) is 2.18. The second-order valence-electron chi connectivity index (χ2n) is 8.05. The van der Waals surface area contributed by atoms with Crippen LogP contribution in [-0.4, -0.2) is 51.6 Å². The average molecular weight is 472 g/mol. The molecule has 0 bridgehead atoms. The number of ether oxygens (including phenoxy) is 3. The van der Waals surface area contributed by atoms with Gasteiger partial charge < -0.3 is 19.5 Å². The van der Waals surface area contributed by atoms with E-state index in [9.17, 15) is 8.42 Å². The highest BCUT2D eigenvalue weighted by molar-refractivity contribution is 7.89. The molecule has 1 aromatic heterocycles. The fraction of sp³-hybridized carbons (Fsp3) is 0.375. The number of sulfonamides is 1. The van der Waals surface area contributed by atoms with Gasteiger partial charge in [-0.15, -0.1) is 0 Å². The van der Waals surface area contributed by atoms with Crippen LogP contribution in [0.5, 0.6) is 17.2 Å². The van der Waals surface area contributed by atoms with Crippen molar-refractivity contribution in [2.75, 3.05) is 33.2 Å². The minimum Gasteiger partial charge on any atom is -0.493 e. The second kappa shape index (κ2) is 9.44. The fourth-order valence-electron chi connectivity index (χ4n) is 4.20. The smallest absolute Gasteiger partial charge is 0.243 e. The van der Waals surface area contributed by atoms with Gasteiger partial charge in [0.1, 0.15) is 5.82 Å². The maximum atomic E-state index is 13.2. The van der Waals surface area contributed by atoms with Gasteiger partial charge in [-0.05, 0) is 50.1 Å². The van der Waals surface area contributed by atoms with Crippen molar-refractivity contribution < 1.29 is 22.6 Å². The number of aromatic nitrogens is 1.